The molecule has 0 bridgehead atoms. The van der Waals surface area contributed by atoms with Gasteiger partial charge < -0.3 is 5.73 Å². The van der Waals surface area contributed by atoms with E-state index in [1.54, 1.807) is 6.20 Å². The average Bonchev–Trinajstić information content (AvgIpc) is 1.95. The van der Waals surface area contributed by atoms with Gasteiger partial charge in [0.15, 0.2) is 0 Å². The van der Waals surface area contributed by atoms with E-state index < -0.39 is 0 Å². The molecule has 0 aliphatic heterocycles. The van der Waals surface area contributed by atoms with Gasteiger partial charge in [0, 0.05) is 6.54 Å². The summed E-state index contributed by atoms with van der Waals surface area (Å²) >= 11 is 3.26. The molecule has 0 fully saturated rings. The van der Waals surface area contributed by atoms with Gasteiger partial charge >= 0.3 is 0 Å². The van der Waals surface area contributed by atoms with Gasteiger partial charge in [-0.25, -0.2) is 4.98 Å². The lowest BCUT2D eigenvalue weighted by Gasteiger charge is -1.97. The summed E-state index contributed by atoms with van der Waals surface area (Å²) in [6.45, 7) is 2.32. The molecule has 0 saturated carbocycles. The minimum absolute atomic E-state index is 0.436. The van der Waals surface area contributed by atoms with E-state index in [1.165, 1.54) is 0 Å². The van der Waals surface area contributed by atoms with Crippen LogP contribution in [0.2, 0.25) is 0 Å². The lowest BCUT2D eigenvalue weighted by molar-refractivity contribution is 0.932. The van der Waals surface area contributed by atoms with Gasteiger partial charge in [-0.3, -0.25) is 4.98 Å². The van der Waals surface area contributed by atoms with Crippen LogP contribution < -0.4 is 5.73 Å². The molecule has 2 N–H and O–H groups in total. The summed E-state index contributed by atoms with van der Waals surface area (Å²) in [5, 5.41) is 0. The van der Waals surface area contributed by atoms with E-state index in [0.717, 1.165) is 16.0 Å². The molecule has 1 aromatic heterocycles. The number of hydrogen-bond donors (Lipinski definition) is 1. The Labute approximate surface area is 67.8 Å². The summed E-state index contributed by atoms with van der Waals surface area (Å²) in [5.74, 6) is 0. The second kappa shape index (κ2) is 3.07. The Morgan fingerprint density at radius 3 is 2.90 bits per heavy atom. The van der Waals surface area contributed by atoms with Crippen molar-refractivity contribution < 1.29 is 0 Å². The molecule has 0 unspecified atom stereocenters. The third-order valence-electron chi connectivity index (χ3n) is 1.16. The normalized spacial score (nSPS) is 9.90. The molecule has 0 spiro atoms. The maximum atomic E-state index is 5.35. The van der Waals surface area contributed by atoms with E-state index in [2.05, 4.69) is 25.9 Å². The Hall–Kier alpha value is -0.480. The fraction of sp³-hybridized carbons (Fsp3) is 0.333. The topological polar surface area (TPSA) is 51.8 Å². The average molecular weight is 202 g/mol. The lowest BCUT2D eigenvalue weighted by atomic mass is 10.4. The Balaban J connectivity index is 3.04. The van der Waals surface area contributed by atoms with Crippen molar-refractivity contribution in [2.45, 2.75) is 13.5 Å². The van der Waals surface area contributed by atoms with E-state index >= 15 is 0 Å². The fourth-order valence-electron chi connectivity index (χ4n) is 0.559. The minimum atomic E-state index is 0.436. The molecular weight excluding hydrogens is 194 g/mol. The molecule has 1 rings (SSSR count). The molecule has 3 nitrogen and oxygen atoms in total. The molecule has 54 valence electrons. The third-order valence-corrected chi connectivity index (χ3v) is 1.91. The molecule has 1 aromatic rings. The highest BCUT2D eigenvalue weighted by Crippen LogP contribution is 2.09. The van der Waals surface area contributed by atoms with Gasteiger partial charge in [-0.2, -0.15) is 0 Å². The SMILES string of the molecule is Cc1ncc(CN)nc1Br. The van der Waals surface area contributed by atoms with Crippen LogP contribution in [0.15, 0.2) is 10.8 Å². The Morgan fingerprint density at radius 2 is 2.40 bits per heavy atom. The van der Waals surface area contributed by atoms with Gasteiger partial charge in [0.2, 0.25) is 0 Å². The molecule has 10 heavy (non-hydrogen) atoms. The van der Waals surface area contributed by atoms with Crippen LogP contribution in [0.1, 0.15) is 11.4 Å². The van der Waals surface area contributed by atoms with Gasteiger partial charge in [0.1, 0.15) is 4.60 Å². The quantitative estimate of drug-likeness (QED) is 0.739. The number of halogens is 1. The predicted molar refractivity (Wildman–Crippen MR) is 42.4 cm³/mol. The highest BCUT2D eigenvalue weighted by Gasteiger charge is 1.97. The number of hydrogen-bond acceptors (Lipinski definition) is 3. The zero-order valence-corrected chi connectivity index (χ0v) is 7.22. The van der Waals surface area contributed by atoms with Crippen LogP contribution >= 0.6 is 15.9 Å². The van der Waals surface area contributed by atoms with E-state index in [-0.39, 0.29) is 0 Å². The number of aromatic nitrogens is 2. The molecule has 0 aliphatic carbocycles. The van der Waals surface area contributed by atoms with Crippen LogP contribution in [0.4, 0.5) is 0 Å². The third kappa shape index (κ3) is 1.52. The molecule has 0 radical (unpaired) electrons. The Morgan fingerprint density at radius 1 is 1.70 bits per heavy atom. The summed E-state index contributed by atoms with van der Waals surface area (Å²) in [4.78, 5) is 8.18. The molecule has 0 saturated heterocycles. The van der Waals surface area contributed by atoms with Crippen LogP contribution in [-0.4, -0.2) is 9.97 Å². The molecule has 0 aliphatic rings. The zero-order chi connectivity index (χ0) is 7.56. The first-order valence-corrected chi connectivity index (χ1v) is 3.71. The highest BCUT2D eigenvalue weighted by molar-refractivity contribution is 9.10. The van der Waals surface area contributed by atoms with Crippen LogP contribution in [0, 0.1) is 6.92 Å². The van der Waals surface area contributed by atoms with E-state index in [1.807, 2.05) is 6.92 Å². The van der Waals surface area contributed by atoms with Crippen molar-refractivity contribution in [3.63, 3.8) is 0 Å². The van der Waals surface area contributed by atoms with Crippen molar-refractivity contribution in [2.75, 3.05) is 0 Å². The van der Waals surface area contributed by atoms with Crippen LogP contribution in [0.3, 0.4) is 0 Å². The molecular formula is C6H8BrN3. The minimum Gasteiger partial charge on any atom is -0.325 e. The number of nitrogens with zero attached hydrogens (tertiary/aromatic N) is 2. The summed E-state index contributed by atoms with van der Waals surface area (Å²) in [5.41, 5.74) is 7.03. The Kier molecular flexibility index (Phi) is 2.34. The van der Waals surface area contributed by atoms with Gasteiger partial charge in [-0.05, 0) is 22.9 Å². The van der Waals surface area contributed by atoms with Gasteiger partial charge in [0.05, 0.1) is 17.6 Å². The van der Waals surface area contributed by atoms with Gasteiger partial charge in [-0.1, -0.05) is 0 Å². The zero-order valence-electron chi connectivity index (χ0n) is 5.63. The van der Waals surface area contributed by atoms with Crippen molar-refractivity contribution >= 4 is 15.9 Å². The summed E-state index contributed by atoms with van der Waals surface area (Å²) in [6.07, 6.45) is 1.68. The first-order valence-electron chi connectivity index (χ1n) is 2.92. The van der Waals surface area contributed by atoms with Crippen LogP contribution in [0.25, 0.3) is 0 Å². The van der Waals surface area contributed by atoms with Crippen molar-refractivity contribution in [2.24, 2.45) is 5.73 Å². The van der Waals surface area contributed by atoms with E-state index in [9.17, 15) is 0 Å². The predicted octanol–water partition coefficient (Wildman–Crippen LogP) is 1.01. The molecule has 0 atom stereocenters. The van der Waals surface area contributed by atoms with Gasteiger partial charge in [0.25, 0.3) is 0 Å². The second-order valence-electron chi connectivity index (χ2n) is 1.94. The lowest BCUT2D eigenvalue weighted by Crippen LogP contribution is -2.01. The van der Waals surface area contributed by atoms with E-state index in [4.69, 9.17) is 5.73 Å². The standard InChI is InChI=1S/C6H8BrN3/c1-4-6(7)10-5(2-8)3-9-4/h3H,2,8H2,1H3. The second-order valence-corrected chi connectivity index (χ2v) is 2.69. The Bertz CT molecular complexity index is 236. The van der Waals surface area contributed by atoms with E-state index in [0.29, 0.717) is 6.54 Å². The first kappa shape index (κ1) is 7.63. The van der Waals surface area contributed by atoms with Crippen molar-refractivity contribution in [1.29, 1.82) is 0 Å². The summed E-state index contributed by atoms with van der Waals surface area (Å²) in [7, 11) is 0. The van der Waals surface area contributed by atoms with Crippen molar-refractivity contribution in [3.8, 4) is 0 Å². The smallest absolute Gasteiger partial charge is 0.127 e. The molecule has 0 amide bonds. The number of rotatable bonds is 1. The van der Waals surface area contributed by atoms with Crippen molar-refractivity contribution in [3.05, 3.63) is 22.2 Å². The van der Waals surface area contributed by atoms with Crippen LogP contribution in [0.5, 0.6) is 0 Å². The maximum Gasteiger partial charge on any atom is 0.127 e. The summed E-state index contributed by atoms with van der Waals surface area (Å²) in [6, 6.07) is 0. The van der Waals surface area contributed by atoms with Crippen molar-refractivity contribution in [1.82, 2.24) is 9.97 Å². The fourth-order valence-corrected chi connectivity index (χ4v) is 0.889. The first-order chi connectivity index (χ1) is 4.74. The monoisotopic (exact) mass is 201 g/mol. The largest absolute Gasteiger partial charge is 0.325 e. The molecule has 4 heteroatoms. The highest BCUT2D eigenvalue weighted by atomic mass is 79.9. The molecule has 0 aromatic carbocycles. The van der Waals surface area contributed by atoms with Crippen LogP contribution in [-0.2, 0) is 6.54 Å². The molecule has 1 heterocycles. The van der Waals surface area contributed by atoms with Gasteiger partial charge in [-0.15, -0.1) is 0 Å². The number of aryl methyl sites for hydroxylation is 1. The summed E-state index contributed by atoms with van der Waals surface area (Å²) < 4.78 is 0.774. The maximum absolute atomic E-state index is 5.35. The number of nitrogens with two attached hydrogens (primary N) is 1.